The maximum atomic E-state index is 6.39. The van der Waals surface area contributed by atoms with Gasteiger partial charge in [0.15, 0.2) is 0 Å². The molecule has 0 N–H and O–H groups in total. The number of aromatic nitrogens is 4. The van der Waals surface area contributed by atoms with Crippen molar-refractivity contribution in [1.29, 1.82) is 0 Å². The molecule has 0 saturated carbocycles. The monoisotopic (exact) mass is 568 g/mol. The standard InChI is InChI=1S/C38H24N4O2/c1-5-19-34-29(14-1)30-15-2-6-20-35(30)42(34)36-24-40-38(44-36)25-10-7-12-27(22-25)43-28-13-8-11-26(23-28)41-33-18-4-3-16-31(33)32-17-9-21-39-37(32)41/h1-24H. The lowest BCUT2D eigenvalue weighted by Crippen LogP contribution is -1.96. The third kappa shape index (κ3) is 3.82. The highest BCUT2D eigenvalue weighted by Gasteiger charge is 2.17. The maximum Gasteiger partial charge on any atom is 0.228 e. The van der Waals surface area contributed by atoms with Crippen molar-refractivity contribution in [2.45, 2.75) is 0 Å². The van der Waals surface area contributed by atoms with Crippen LogP contribution in [0.4, 0.5) is 0 Å². The average molecular weight is 569 g/mol. The minimum Gasteiger partial charge on any atom is -0.457 e. The first kappa shape index (κ1) is 24.5. The first-order valence-electron chi connectivity index (χ1n) is 14.5. The van der Waals surface area contributed by atoms with Gasteiger partial charge in [-0.1, -0.05) is 66.7 Å². The van der Waals surface area contributed by atoms with E-state index in [9.17, 15) is 0 Å². The minimum absolute atomic E-state index is 0.525. The molecule has 0 aliphatic rings. The number of oxazole rings is 1. The van der Waals surface area contributed by atoms with Gasteiger partial charge < -0.3 is 9.15 Å². The van der Waals surface area contributed by atoms with Crippen LogP contribution in [0.25, 0.3) is 66.8 Å². The van der Waals surface area contributed by atoms with Gasteiger partial charge in [-0.2, -0.15) is 0 Å². The quantitative estimate of drug-likeness (QED) is 0.207. The molecule has 0 bridgehead atoms. The van der Waals surface area contributed by atoms with Gasteiger partial charge in [0, 0.05) is 39.4 Å². The van der Waals surface area contributed by atoms with Crippen LogP contribution in [0.3, 0.4) is 0 Å². The SMILES string of the molecule is c1cc(Oc2cccc(-n3c4ccccc4c4cccnc43)c2)cc(-c2ncc(-n3c4ccccc4c4ccccc43)o2)c1. The normalized spacial score (nSPS) is 11.6. The highest BCUT2D eigenvalue weighted by atomic mass is 16.5. The zero-order valence-electron chi connectivity index (χ0n) is 23.5. The zero-order valence-corrected chi connectivity index (χ0v) is 23.5. The molecule has 0 unspecified atom stereocenters. The van der Waals surface area contributed by atoms with Crippen LogP contribution in [0, 0.1) is 0 Å². The van der Waals surface area contributed by atoms with Crippen LogP contribution >= 0.6 is 0 Å². The highest BCUT2D eigenvalue weighted by Crippen LogP contribution is 2.35. The maximum absolute atomic E-state index is 6.39. The predicted octanol–water partition coefficient (Wildman–Crippen LogP) is 9.72. The van der Waals surface area contributed by atoms with E-state index in [1.807, 2.05) is 66.9 Å². The van der Waals surface area contributed by atoms with Crippen molar-refractivity contribution in [2.75, 3.05) is 0 Å². The average Bonchev–Trinajstić information content (AvgIpc) is 3.78. The second kappa shape index (κ2) is 9.71. The summed E-state index contributed by atoms with van der Waals surface area (Å²) in [5.41, 5.74) is 5.97. The lowest BCUT2D eigenvalue weighted by Gasteiger charge is -2.11. The number of hydrogen-bond donors (Lipinski definition) is 0. The largest absolute Gasteiger partial charge is 0.457 e. The molecule has 6 nitrogen and oxygen atoms in total. The third-order valence-corrected chi connectivity index (χ3v) is 8.12. The summed E-state index contributed by atoms with van der Waals surface area (Å²) < 4.78 is 17.1. The van der Waals surface area contributed by atoms with Crippen molar-refractivity contribution in [3.63, 3.8) is 0 Å². The lowest BCUT2D eigenvalue weighted by molar-refractivity contribution is 0.482. The van der Waals surface area contributed by atoms with E-state index in [0.717, 1.165) is 44.6 Å². The van der Waals surface area contributed by atoms with Gasteiger partial charge in [-0.25, -0.2) is 9.97 Å². The van der Waals surface area contributed by atoms with Crippen LogP contribution < -0.4 is 4.74 Å². The fourth-order valence-corrected chi connectivity index (χ4v) is 6.23. The summed E-state index contributed by atoms with van der Waals surface area (Å²) in [7, 11) is 0. The van der Waals surface area contributed by atoms with Crippen molar-refractivity contribution < 1.29 is 9.15 Å². The van der Waals surface area contributed by atoms with Crippen molar-refractivity contribution in [1.82, 2.24) is 19.1 Å². The van der Waals surface area contributed by atoms with E-state index in [0.29, 0.717) is 17.5 Å². The summed E-state index contributed by atoms with van der Waals surface area (Å²) in [6.07, 6.45) is 3.61. The van der Waals surface area contributed by atoms with Gasteiger partial charge in [0.05, 0.1) is 28.4 Å². The molecule has 0 aliphatic heterocycles. The molecule has 0 spiro atoms. The van der Waals surface area contributed by atoms with Gasteiger partial charge in [-0.15, -0.1) is 0 Å². The third-order valence-electron chi connectivity index (χ3n) is 8.12. The molecule has 4 heterocycles. The van der Waals surface area contributed by atoms with Gasteiger partial charge in [0.1, 0.15) is 17.1 Å². The van der Waals surface area contributed by atoms with Gasteiger partial charge in [0.2, 0.25) is 11.8 Å². The summed E-state index contributed by atoms with van der Waals surface area (Å²) in [5.74, 6) is 2.60. The van der Waals surface area contributed by atoms with Crippen LogP contribution in [0.1, 0.15) is 0 Å². The van der Waals surface area contributed by atoms with E-state index in [-0.39, 0.29) is 0 Å². The molecule has 0 amide bonds. The fourth-order valence-electron chi connectivity index (χ4n) is 6.23. The van der Waals surface area contributed by atoms with E-state index in [1.165, 1.54) is 16.2 Å². The van der Waals surface area contributed by atoms with E-state index in [2.05, 4.69) is 86.9 Å². The highest BCUT2D eigenvalue weighted by molar-refractivity contribution is 6.09. The van der Waals surface area contributed by atoms with Crippen LogP contribution in [-0.2, 0) is 0 Å². The Balaban J connectivity index is 1.07. The van der Waals surface area contributed by atoms with Crippen molar-refractivity contribution in [2.24, 2.45) is 0 Å². The molecule has 4 aromatic heterocycles. The first-order valence-corrected chi connectivity index (χ1v) is 14.5. The number of benzene rings is 5. The molecule has 5 aromatic carbocycles. The Morgan fingerprint density at radius 1 is 0.523 bits per heavy atom. The topological polar surface area (TPSA) is 58.0 Å². The van der Waals surface area contributed by atoms with E-state index >= 15 is 0 Å². The Hall–Kier alpha value is -6.14. The molecule has 0 radical (unpaired) electrons. The Morgan fingerprint density at radius 2 is 1.14 bits per heavy atom. The van der Waals surface area contributed by atoms with E-state index in [4.69, 9.17) is 14.1 Å². The lowest BCUT2D eigenvalue weighted by atomic mass is 10.2. The molecule has 0 aliphatic carbocycles. The summed E-state index contributed by atoms with van der Waals surface area (Å²) in [4.78, 5) is 9.37. The van der Waals surface area contributed by atoms with Gasteiger partial charge in [-0.05, 0) is 60.7 Å². The number of pyridine rings is 1. The summed E-state index contributed by atoms with van der Waals surface area (Å²) in [5, 5.41) is 4.64. The summed E-state index contributed by atoms with van der Waals surface area (Å²) in [6.45, 7) is 0. The Bertz CT molecular complexity index is 2390. The zero-order chi connectivity index (χ0) is 29.0. The van der Waals surface area contributed by atoms with E-state index in [1.54, 1.807) is 6.20 Å². The molecular weight excluding hydrogens is 544 g/mol. The fraction of sp³-hybridized carbons (Fsp3) is 0. The number of hydrogen-bond acceptors (Lipinski definition) is 4. The number of fused-ring (bicyclic) bond motifs is 6. The molecule has 9 rings (SSSR count). The van der Waals surface area contributed by atoms with Crippen molar-refractivity contribution in [3.8, 4) is 34.5 Å². The van der Waals surface area contributed by atoms with E-state index < -0.39 is 0 Å². The van der Waals surface area contributed by atoms with Gasteiger partial charge in [0.25, 0.3) is 0 Å². The van der Waals surface area contributed by atoms with Crippen LogP contribution in [0.5, 0.6) is 11.5 Å². The predicted molar refractivity (Wildman–Crippen MR) is 175 cm³/mol. The minimum atomic E-state index is 0.525. The molecule has 0 atom stereocenters. The smallest absolute Gasteiger partial charge is 0.228 e. The molecule has 0 fully saturated rings. The number of rotatable bonds is 5. The van der Waals surface area contributed by atoms with Gasteiger partial charge >= 0.3 is 0 Å². The molecule has 9 aromatic rings. The van der Waals surface area contributed by atoms with Crippen molar-refractivity contribution >= 4 is 43.7 Å². The molecule has 44 heavy (non-hydrogen) atoms. The Labute approximate surface area is 252 Å². The second-order valence-corrected chi connectivity index (χ2v) is 10.7. The molecule has 6 heteroatoms. The molecule has 0 saturated heterocycles. The van der Waals surface area contributed by atoms with Crippen LogP contribution in [0.15, 0.2) is 150 Å². The molecular formula is C38H24N4O2. The van der Waals surface area contributed by atoms with Crippen LogP contribution in [0.2, 0.25) is 0 Å². The number of nitrogens with zero attached hydrogens (tertiary/aromatic N) is 4. The number of para-hydroxylation sites is 3. The first-order chi connectivity index (χ1) is 21.8. The van der Waals surface area contributed by atoms with Crippen LogP contribution in [-0.4, -0.2) is 19.1 Å². The Morgan fingerprint density at radius 3 is 1.89 bits per heavy atom. The summed E-state index contributed by atoms with van der Waals surface area (Å²) in [6, 6.07) is 45.1. The molecule has 208 valence electrons. The summed E-state index contributed by atoms with van der Waals surface area (Å²) >= 11 is 0. The van der Waals surface area contributed by atoms with Gasteiger partial charge in [-0.3, -0.25) is 9.13 Å². The second-order valence-electron chi connectivity index (χ2n) is 10.7. The Kier molecular flexibility index (Phi) is 5.40. The van der Waals surface area contributed by atoms with Crippen molar-refractivity contribution in [3.05, 3.63) is 146 Å². The number of ether oxygens (including phenoxy) is 1.